The van der Waals surface area contributed by atoms with Crippen LogP contribution in [0.1, 0.15) is 24.4 Å². The molecule has 0 saturated carbocycles. The van der Waals surface area contributed by atoms with Crippen LogP contribution < -0.4 is 10.3 Å². The Morgan fingerprint density at radius 3 is 2.75 bits per heavy atom. The fourth-order valence-corrected chi connectivity index (χ4v) is 2.36. The largest absolute Gasteiger partial charge is 0.345 e. The summed E-state index contributed by atoms with van der Waals surface area (Å²) in [6.45, 7) is 2.08. The molecule has 7 heteroatoms. The zero-order valence-electron chi connectivity index (χ0n) is 13.3. The number of benzene rings is 1. The van der Waals surface area contributed by atoms with Crippen molar-refractivity contribution in [3.8, 4) is 0 Å². The first-order valence-electron chi connectivity index (χ1n) is 7.65. The van der Waals surface area contributed by atoms with E-state index in [1.165, 1.54) is 5.01 Å². The SMILES string of the molecule is Cc1nccc(CNC(=O)C2=NN(c3ccccc3)C(=O)CC2)n1. The molecule has 1 aliphatic rings. The molecule has 0 fully saturated rings. The van der Waals surface area contributed by atoms with Crippen molar-refractivity contribution in [2.24, 2.45) is 5.10 Å². The molecule has 2 aromatic rings. The highest BCUT2D eigenvalue weighted by Gasteiger charge is 2.25. The molecule has 0 radical (unpaired) electrons. The van der Waals surface area contributed by atoms with Gasteiger partial charge in [-0.2, -0.15) is 5.10 Å². The van der Waals surface area contributed by atoms with Crippen LogP contribution in [0.25, 0.3) is 0 Å². The molecule has 0 spiro atoms. The lowest BCUT2D eigenvalue weighted by atomic mass is 10.1. The van der Waals surface area contributed by atoms with E-state index in [1.54, 1.807) is 31.3 Å². The summed E-state index contributed by atoms with van der Waals surface area (Å²) in [6.07, 6.45) is 2.24. The minimum absolute atomic E-state index is 0.121. The monoisotopic (exact) mass is 323 g/mol. The van der Waals surface area contributed by atoms with E-state index in [-0.39, 0.29) is 18.2 Å². The van der Waals surface area contributed by atoms with E-state index in [2.05, 4.69) is 20.4 Å². The Balaban J connectivity index is 1.71. The third kappa shape index (κ3) is 3.62. The van der Waals surface area contributed by atoms with Gasteiger partial charge in [0.15, 0.2) is 0 Å². The van der Waals surface area contributed by atoms with E-state index >= 15 is 0 Å². The molecule has 2 heterocycles. The second kappa shape index (κ2) is 6.99. The fourth-order valence-electron chi connectivity index (χ4n) is 2.36. The molecule has 122 valence electrons. The van der Waals surface area contributed by atoms with Crippen LogP contribution >= 0.6 is 0 Å². The average Bonchev–Trinajstić information content (AvgIpc) is 2.61. The highest BCUT2D eigenvalue weighted by atomic mass is 16.2. The predicted octanol–water partition coefficient (Wildman–Crippen LogP) is 1.58. The van der Waals surface area contributed by atoms with Gasteiger partial charge >= 0.3 is 0 Å². The molecule has 0 atom stereocenters. The first-order chi connectivity index (χ1) is 11.6. The van der Waals surface area contributed by atoms with Crippen molar-refractivity contribution in [1.29, 1.82) is 0 Å². The van der Waals surface area contributed by atoms with E-state index in [0.29, 0.717) is 30.2 Å². The summed E-state index contributed by atoms with van der Waals surface area (Å²) in [5, 5.41) is 8.29. The van der Waals surface area contributed by atoms with Gasteiger partial charge in [-0.25, -0.2) is 15.0 Å². The zero-order valence-corrected chi connectivity index (χ0v) is 13.3. The number of amides is 2. The second-order valence-corrected chi connectivity index (χ2v) is 5.37. The van der Waals surface area contributed by atoms with Crippen LogP contribution in [-0.4, -0.2) is 27.5 Å². The molecular weight excluding hydrogens is 306 g/mol. The van der Waals surface area contributed by atoms with Crippen molar-refractivity contribution in [3.63, 3.8) is 0 Å². The molecule has 0 saturated heterocycles. The molecule has 0 aliphatic carbocycles. The summed E-state index contributed by atoms with van der Waals surface area (Å²) in [7, 11) is 0. The lowest BCUT2D eigenvalue weighted by Crippen LogP contribution is -2.39. The second-order valence-electron chi connectivity index (χ2n) is 5.37. The quantitative estimate of drug-likeness (QED) is 0.925. The molecule has 24 heavy (non-hydrogen) atoms. The van der Waals surface area contributed by atoms with Crippen molar-refractivity contribution in [2.75, 3.05) is 5.01 Å². The molecule has 0 bridgehead atoms. The molecule has 1 aliphatic heterocycles. The fraction of sp³-hybridized carbons (Fsp3) is 0.235. The standard InChI is InChI=1S/C17H17N5O2/c1-12-18-10-9-13(20-12)11-19-17(24)15-7-8-16(23)22(21-15)14-5-3-2-4-6-14/h2-6,9-10H,7-8,11H2,1H3,(H,19,24). The van der Waals surface area contributed by atoms with Crippen molar-refractivity contribution in [3.05, 3.63) is 54.1 Å². The average molecular weight is 323 g/mol. The Labute approximate surface area is 139 Å². The summed E-state index contributed by atoms with van der Waals surface area (Å²) in [4.78, 5) is 32.6. The first kappa shape index (κ1) is 15.8. The number of rotatable bonds is 4. The lowest BCUT2D eigenvalue weighted by molar-refractivity contribution is -0.119. The van der Waals surface area contributed by atoms with E-state index < -0.39 is 0 Å². The number of anilines is 1. The molecule has 7 nitrogen and oxygen atoms in total. The first-order valence-corrected chi connectivity index (χ1v) is 7.65. The smallest absolute Gasteiger partial charge is 0.267 e. The summed E-state index contributed by atoms with van der Waals surface area (Å²) >= 11 is 0. The van der Waals surface area contributed by atoms with Gasteiger partial charge in [-0.15, -0.1) is 0 Å². The van der Waals surface area contributed by atoms with Crippen molar-refractivity contribution < 1.29 is 9.59 Å². The molecule has 3 rings (SSSR count). The molecular formula is C17H17N5O2. The molecule has 1 N–H and O–H groups in total. The number of nitrogens with one attached hydrogen (secondary N) is 1. The Hall–Kier alpha value is -3.09. The lowest BCUT2D eigenvalue weighted by Gasteiger charge is -2.23. The zero-order chi connectivity index (χ0) is 16.9. The Morgan fingerprint density at radius 1 is 1.21 bits per heavy atom. The van der Waals surface area contributed by atoms with Gasteiger partial charge in [0.25, 0.3) is 5.91 Å². The Kier molecular flexibility index (Phi) is 4.60. The summed E-state index contributed by atoms with van der Waals surface area (Å²) in [5.41, 5.74) is 1.71. The van der Waals surface area contributed by atoms with E-state index in [0.717, 1.165) is 5.69 Å². The van der Waals surface area contributed by atoms with Gasteiger partial charge in [0.1, 0.15) is 11.5 Å². The molecule has 1 aromatic carbocycles. The highest BCUT2D eigenvalue weighted by Crippen LogP contribution is 2.19. The topological polar surface area (TPSA) is 87.5 Å². The van der Waals surface area contributed by atoms with Crippen molar-refractivity contribution >= 4 is 23.2 Å². The van der Waals surface area contributed by atoms with E-state index in [1.807, 2.05) is 18.2 Å². The third-order valence-corrected chi connectivity index (χ3v) is 3.56. The van der Waals surface area contributed by atoms with Crippen LogP contribution in [0.3, 0.4) is 0 Å². The van der Waals surface area contributed by atoms with Gasteiger partial charge in [-0.3, -0.25) is 9.59 Å². The number of carbonyl (C=O) groups is 2. The van der Waals surface area contributed by atoms with Crippen LogP contribution in [0.5, 0.6) is 0 Å². The van der Waals surface area contributed by atoms with Gasteiger partial charge < -0.3 is 5.32 Å². The Morgan fingerprint density at radius 2 is 2.00 bits per heavy atom. The number of hydrogen-bond acceptors (Lipinski definition) is 5. The maximum atomic E-state index is 12.3. The number of hydrogen-bond donors (Lipinski definition) is 1. The van der Waals surface area contributed by atoms with E-state index in [9.17, 15) is 9.59 Å². The molecule has 0 unspecified atom stereocenters. The van der Waals surface area contributed by atoms with Crippen LogP contribution in [0.2, 0.25) is 0 Å². The van der Waals surface area contributed by atoms with Gasteiger partial charge in [0.2, 0.25) is 5.91 Å². The van der Waals surface area contributed by atoms with Crippen molar-refractivity contribution in [2.45, 2.75) is 26.3 Å². The normalized spacial score (nSPS) is 14.3. The number of aryl methyl sites for hydroxylation is 1. The van der Waals surface area contributed by atoms with Crippen LogP contribution in [-0.2, 0) is 16.1 Å². The maximum absolute atomic E-state index is 12.3. The van der Waals surface area contributed by atoms with Gasteiger partial charge in [0, 0.05) is 19.0 Å². The van der Waals surface area contributed by atoms with Crippen LogP contribution in [0, 0.1) is 6.92 Å². The summed E-state index contributed by atoms with van der Waals surface area (Å²) < 4.78 is 0. The number of hydrazone groups is 1. The summed E-state index contributed by atoms with van der Waals surface area (Å²) in [6, 6.07) is 10.8. The third-order valence-electron chi connectivity index (χ3n) is 3.56. The highest BCUT2D eigenvalue weighted by molar-refractivity contribution is 6.40. The van der Waals surface area contributed by atoms with Gasteiger partial charge in [0.05, 0.1) is 17.9 Å². The minimum Gasteiger partial charge on any atom is -0.345 e. The summed E-state index contributed by atoms with van der Waals surface area (Å²) in [5.74, 6) is 0.237. The van der Waals surface area contributed by atoms with Crippen LogP contribution in [0.15, 0.2) is 47.7 Å². The number of para-hydroxylation sites is 1. The molecule has 2 amide bonds. The van der Waals surface area contributed by atoms with Crippen LogP contribution in [0.4, 0.5) is 5.69 Å². The van der Waals surface area contributed by atoms with E-state index in [4.69, 9.17) is 0 Å². The van der Waals surface area contributed by atoms with Crippen molar-refractivity contribution in [1.82, 2.24) is 15.3 Å². The Bertz CT molecular complexity index is 789. The van der Waals surface area contributed by atoms with Gasteiger partial charge in [-0.1, -0.05) is 18.2 Å². The number of nitrogens with zero attached hydrogens (tertiary/aromatic N) is 4. The maximum Gasteiger partial charge on any atom is 0.267 e. The number of carbonyl (C=O) groups excluding carboxylic acids is 2. The minimum atomic E-state index is -0.292. The number of aromatic nitrogens is 2. The predicted molar refractivity (Wildman–Crippen MR) is 89.2 cm³/mol. The molecule has 1 aromatic heterocycles. The van der Waals surface area contributed by atoms with Gasteiger partial charge in [-0.05, 0) is 25.1 Å².